The zero-order valence-corrected chi connectivity index (χ0v) is 12.9. The highest BCUT2D eigenvalue weighted by Gasteiger charge is 2.34. The van der Waals surface area contributed by atoms with E-state index in [9.17, 15) is 14.9 Å². The Kier molecular flexibility index (Phi) is 4.42. The lowest BCUT2D eigenvalue weighted by atomic mass is 9.99. The molecule has 1 aliphatic carbocycles. The van der Waals surface area contributed by atoms with Crippen molar-refractivity contribution >= 4 is 27.5 Å². The van der Waals surface area contributed by atoms with E-state index in [0.717, 1.165) is 31.0 Å². The van der Waals surface area contributed by atoms with Crippen molar-refractivity contribution in [1.82, 2.24) is 5.32 Å². The van der Waals surface area contributed by atoms with Gasteiger partial charge in [-0.2, -0.15) is 0 Å². The molecule has 6 heteroatoms. The van der Waals surface area contributed by atoms with Gasteiger partial charge in [0.2, 0.25) is 0 Å². The first-order valence-electron chi connectivity index (χ1n) is 6.61. The average Bonchev–Trinajstić information content (AvgIpc) is 2.87. The SMILES string of the molecule is Cc1cc(C(=O)NC2(CBr)CCCC2)ccc1[N+](=O)[O-]. The van der Waals surface area contributed by atoms with Gasteiger partial charge in [-0.25, -0.2) is 0 Å². The summed E-state index contributed by atoms with van der Waals surface area (Å²) in [6.07, 6.45) is 4.17. The Morgan fingerprint density at radius 1 is 1.45 bits per heavy atom. The van der Waals surface area contributed by atoms with Gasteiger partial charge in [0.25, 0.3) is 11.6 Å². The number of aryl methyl sites for hydroxylation is 1. The molecule has 1 fully saturated rings. The van der Waals surface area contributed by atoms with Crippen molar-refractivity contribution in [1.29, 1.82) is 0 Å². The number of carbonyl (C=O) groups excluding carboxylic acids is 1. The maximum absolute atomic E-state index is 12.3. The zero-order chi connectivity index (χ0) is 14.8. The molecule has 0 spiro atoms. The van der Waals surface area contributed by atoms with Crippen LogP contribution in [0.5, 0.6) is 0 Å². The largest absolute Gasteiger partial charge is 0.346 e. The number of nitro benzene ring substituents is 1. The van der Waals surface area contributed by atoms with Gasteiger partial charge in [0.05, 0.1) is 10.5 Å². The number of nitro groups is 1. The molecular weight excluding hydrogens is 324 g/mol. The van der Waals surface area contributed by atoms with Crippen LogP contribution in [0.4, 0.5) is 5.69 Å². The van der Waals surface area contributed by atoms with E-state index in [4.69, 9.17) is 0 Å². The first-order valence-corrected chi connectivity index (χ1v) is 7.73. The molecule has 0 aliphatic heterocycles. The van der Waals surface area contributed by atoms with E-state index in [1.54, 1.807) is 13.0 Å². The lowest BCUT2D eigenvalue weighted by molar-refractivity contribution is -0.385. The predicted molar refractivity (Wildman–Crippen MR) is 80.3 cm³/mol. The van der Waals surface area contributed by atoms with Gasteiger partial charge in [0.15, 0.2) is 0 Å². The van der Waals surface area contributed by atoms with Gasteiger partial charge in [-0.05, 0) is 31.9 Å². The standard InChI is InChI=1S/C14H17BrN2O3/c1-10-8-11(4-5-12(10)17(19)20)13(18)16-14(9-15)6-2-3-7-14/h4-5,8H,2-3,6-7,9H2,1H3,(H,16,18). The molecule has 0 aromatic heterocycles. The number of rotatable bonds is 4. The Morgan fingerprint density at radius 3 is 2.60 bits per heavy atom. The smallest absolute Gasteiger partial charge is 0.272 e. The third-order valence-electron chi connectivity index (χ3n) is 3.85. The minimum Gasteiger partial charge on any atom is -0.346 e. The van der Waals surface area contributed by atoms with Gasteiger partial charge in [-0.15, -0.1) is 0 Å². The molecule has 1 aliphatic rings. The summed E-state index contributed by atoms with van der Waals surface area (Å²) in [4.78, 5) is 22.6. The van der Waals surface area contributed by atoms with Crippen molar-refractivity contribution in [2.75, 3.05) is 5.33 Å². The zero-order valence-electron chi connectivity index (χ0n) is 11.3. The summed E-state index contributed by atoms with van der Waals surface area (Å²) in [5, 5.41) is 14.6. The normalized spacial score (nSPS) is 16.9. The second-order valence-electron chi connectivity index (χ2n) is 5.33. The van der Waals surface area contributed by atoms with Gasteiger partial charge in [-0.1, -0.05) is 28.8 Å². The summed E-state index contributed by atoms with van der Waals surface area (Å²) in [7, 11) is 0. The monoisotopic (exact) mass is 340 g/mol. The average molecular weight is 341 g/mol. The molecule has 2 rings (SSSR count). The second-order valence-corrected chi connectivity index (χ2v) is 5.89. The number of halogens is 1. The van der Waals surface area contributed by atoms with Crippen LogP contribution in [0, 0.1) is 17.0 Å². The lowest BCUT2D eigenvalue weighted by Crippen LogP contribution is -2.47. The molecular formula is C14H17BrN2O3. The minimum absolute atomic E-state index is 0.0395. The molecule has 0 bridgehead atoms. The first-order chi connectivity index (χ1) is 9.47. The number of benzene rings is 1. The summed E-state index contributed by atoms with van der Waals surface area (Å²) >= 11 is 3.48. The van der Waals surface area contributed by atoms with E-state index >= 15 is 0 Å². The first kappa shape index (κ1) is 15.0. The number of amides is 1. The summed E-state index contributed by atoms with van der Waals surface area (Å²) in [6, 6.07) is 4.47. The van der Waals surface area contributed by atoms with Crippen LogP contribution in [-0.2, 0) is 0 Å². The van der Waals surface area contributed by atoms with Gasteiger partial charge in [-0.3, -0.25) is 14.9 Å². The van der Waals surface area contributed by atoms with Crippen molar-refractivity contribution in [2.24, 2.45) is 0 Å². The fraction of sp³-hybridized carbons (Fsp3) is 0.500. The van der Waals surface area contributed by atoms with Crippen LogP contribution in [0.3, 0.4) is 0 Å². The Bertz CT molecular complexity index is 539. The Hall–Kier alpha value is -1.43. The molecule has 0 unspecified atom stereocenters. The molecule has 0 atom stereocenters. The molecule has 20 heavy (non-hydrogen) atoms. The van der Waals surface area contributed by atoms with E-state index in [1.165, 1.54) is 12.1 Å². The topological polar surface area (TPSA) is 72.2 Å². The molecule has 1 aromatic carbocycles. The number of nitrogens with zero attached hydrogens (tertiary/aromatic N) is 1. The van der Waals surface area contributed by atoms with Crippen LogP contribution in [-0.4, -0.2) is 21.7 Å². The van der Waals surface area contributed by atoms with Gasteiger partial charge >= 0.3 is 0 Å². The third-order valence-corrected chi connectivity index (χ3v) is 4.92. The van der Waals surface area contributed by atoms with E-state index in [-0.39, 0.29) is 17.1 Å². The van der Waals surface area contributed by atoms with E-state index in [1.807, 2.05) is 0 Å². The highest BCUT2D eigenvalue weighted by atomic mass is 79.9. The number of hydrogen-bond donors (Lipinski definition) is 1. The van der Waals surface area contributed by atoms with Crippen LogP contribution < -0.4 is 5.32 Å². The minimum atomic E-state index is -0.437. The molecule has 1 amide bonds. The lowest BCUT2D eigenvalue weighted by Gasteiger charge is -2.28. The van der Waals surface area contributed by atoms with Crippen LogP contribution >= 0.6 is 15.9 Å². The van der Waals surface area contributed by atoms with Crippen LogP contribution in [0.1, 0.15) is 41.6 Å². The predicted octanol–water partition coefficient (Wildman–Crippen LogP) is 3.34. The third kappa shape index (κ3) is 3.00. The van der Waals surface area contributed by atoms with E-state index in [0.29, 0.717) is 11.1 Å². The second kappa shape index (κ2) is 5.91. The number of nitrogens with one attached hydrogen (secondary N) is 1. The van der Waals surface area contributed by atoms with Crippen LogP contribution in [0.2, 0.25) is 0 Å². The molecule has 0 radical (unpaired) electrons. The van der Waals surface area contributed by atoms with Crippen molar-refractivity contribution in [3.63, 3.8) is 0 Å². The van der Waals surface area contributed by atoms with Crippen molar-refractivity contribution in [2.45, 2.75) is 38.1 Å². The maximum Gasteiger partial charge on any atom is 0.272 e. The molecule has 1 aromatic rings. The van der Waals surface area contributed by atoms with Crippen molar-refractivity contribution in [3.05, 3.63) is 39.4 Å². The van der Waals surface area contributed by atoms with Crippen LogP contribution in [0.15, 0.2) is 18.2 Å². The van der Waals surface area contributed by atoms with Gasteiger partial charge in [0, 0.05) is 22.5 Å². The highest BCUT2D eigenvalue weighted by molar-refractivity contribution is 9.09. The Morgan fingerprint density at radius 2 is 2.10 bits per heavy atom. The van der Waals surface area contributed by atoms with Crippen molar-refractivity contribution < 1.29 is 9.72 Å². The molecule has 5 nitrogen and oxygen atoms in total. The number of hydrogen-bond acceptors (Lipinski definition) is 3. The van der Waals surface area contributed by atoms with Crippen LogP contribution in [0.25, 0.3) is 0 Å². The molecule has 108 valence electrons. The number of alkyl halides is 1. The molecule has 0 saturated heterocycles. The quantitative estimate of drug-likeness (QED) is 0.519. The number of carbonyl (C=O) groups is 1. The van der Waals surface area contributed by atoms with Gasteiger partial charge in [0.1, 0.15) is 0 Å². The Labute approximate surface area is 126 Å². The fourth-order valence-electron chi connectivity index (χ4n) is 2.66. The maximum atomic E-state index is 12.3. The van der Waals surface area contributed by atoms with Crippen molar-refractivity contribution in [3.8, 4) is 0 Å². The summed E-state index contributed by atoms with van der Waals surface area (Å²) in [6.45, 7) is 1.64. The fourth-order valence-corrected chi connectivity index (χ4v) is 3.36. The summed E-state index contributed by atoms with van der Waals surface area (Å²) in [5.41, 5.74) is 0.840. The molecule has 0 heterocycles. The summed E-state index contributed by atoms with van der Waals surface area (Å²) in [5.74, 6) is -0.163. The Balaban J connectivity index is 2.17. The summed E-state index contributed by atoms with van der Waals surface area (Å²) < 4.78 is 0. The highest BCUT2D eigenvalue weighted by Crippen LogP contribution is 2.31. The molecule has 1 saturated carbocycles. The molecule has 1 N–H and O–H groups in total. The van der Waals surface area contributed by atoms with E-state index in [2.05, 4.69) is 21.2 Å². The van der Waals surface area contributed by atoms with E-state index < -0.39 is 4.92 Å². The van der Waals surface area contributed by atoms with Gasteiger partial charge < -0.3 is 5.32 Å².